The number of nitrogens with zero attached hydrogens (tertiary/aromatic N) is 3. The molecule has 2 aromatic heterocycles. The molecule has 0 amide bonds. The van der Waals surface area contributed by atoms with Gasteiger partial charge < -0.3 is 20.5 Å². The fourth-order valence-electron chi connectivity index (χ4n) is 2.76. The maximum atomic E-state index is 14.3. The Morgan fingerprint density at radius 3 is 2.90 bits per heavy atom. The van der Waals surface area contributed by atoms with E-state index in [0.29, 0.717) is 5.57 Å². The number of hydrogen-bond donors (Lipinski definition) is 4. The van der Waals surface area contributed by atoms with Gasteiger partial charge in [0, 0.05) is 5.92 Å². The fourth-order valence-corrected chi connectivity index (χ4v) is 2.76. The molecule has 1 saturated carbocycles. The molecule has 1 aliphatic carbocycles. The van der Waals surface area contributed by atoms with Crippen LogP contribution in [-0.4, -0.2) is 48.6 Å². The minimum absolute atomic E-state index is 0.0196. The molecule has 8 nitrogen and oxygen atoms in total. The van der Waals surface area contributed by atoms with Crippen molar-refractivity contribution in [3.05, 3.63) is 28.8 Å². The van der Waals surface area contributed by atoms with E-state index in [1.165, 1.54) is 10.9 Å². The highest BCUT2D eigenvalue weighted by molar-refractivity contribution is 5.71. The number of H-pyrrole nitrogens is 1. The lowest BCUT2D eigenvalue weighted by Crippen LogP contribution is -2.27. The molecule has 5 N–H and O–H groups in total. The van der Waals surface area contributed by atoms with Crippen LogP contribution in [0.4, 0.5) is 10.3 Å². The Balaban J connectivity index is 2.17. The van der Waals surface area contributed by atoms with Gasteiger partial charge in [0.1, 0.15) is 0 Å². The summed E-state index contributed by atoms with van der Waals surface area (Å²) in [4.78, 5) is 21.9. The molecular weight excluding hydrogens is 280 g/mol. The first-order valence-corrected chi connectivity index (χ1v) is 6.29. The van der Waals surface area contributed by atoms with E-state index in [0.717, 1.165) is 0 Å². The fraction of sp³-hybridized carbons (Fsp3) is 0.417. The van der Waals surface area contributed by atoms with Crippen LogP contribution in [0.1, 0.15) is 6.04 Å². The normalized spacial score (nSPS) is 29.4. The Kier molecular flexibility index (Phi) is 3.03. The van der Waals surface area contributed by atoms with Crippen LogP contribution in [0.2, 0.25) is 0 Å². The van der Waals surface area contributed by atoms with E-state index in [9.17, 15) is 19.4 Å². The van der Waals surface area contributed by atoms with Crippen LogP contribution in [0.3, 0.4) is 0 Å². The van der Waals surface area contributed by atoms with E-state index in [1.807, 2.05) is 0 Å². The number of aliphatic hydroxyl groups is 2. The van der Waals surface area contributed by atoms with Crippen LogP contribution in [0.15, 0.2) is 23.3 Å². The van der Waals surface area contributed by atoms with E-state index in [-0.39, 0.29) is 17.1 Å². The summed E-state index contributed by atoms with van der Waals surface area (Å²) < 4.78 is 15.7. The van der Waals surface area contributed by atoms with E-state index in [1.54, 1.807) is 0 Å². The third-order valence-corrected chi connectivity index (χ3v) is 3.84. The van der Waals surface area contributed by atoms with Gasteiger partial charge in [0.05, 0.1) is 25.1 Å². The Bertz CT molecular complexity index is 770. The van der Waals surface area contributed by atoms with Gasteiger partial charge in [-0.3, -0.25) is 9.78 Å². The molecule has 3 rings (SSSR count). The Labute approximate surface area is 117 Å². The summed E-state index contributed by atoms with van der Waals surface area (Å²) in [5, 5.41) is 19.1. The molecule has 9 heteroatoms. The highest BCUT2D eigenvalue weighted by Gasteiger charge is 2.47. The van der Waals surface area contributed by atoms with Crippen molar-refractivity contribution in [3.63, 3.8) is 0 Å². The molecule has 1 aliphatic rings. The number of imidazole rings is 1. The number of aliphatic hydroxyl groups excluding tert-OH is 2. The van der Waals surface area contributed by atoms with Crippen LogP contribution < -0.4 is 11.3 Å². The first kappa shape index (κ1) is 13.7. The maximum Gasteiger partial charge on any atom is 0.280 e. The molecule has 0 radical (unpaired) electrons. The average Bonchev–Trinajstić information content (AvgIpc) is 2.91. The van der Waals surface area contributed by atoms with E-state index in [4.69, 9.17) is 5.73 Å². The number of fused-ring (bicyclic) bond motifs is 1. The molecule has 112 valence electrons. The topological polar surface area (TPSA) is 130 Å². The second-order valence-corrected chi connectivity index (χ2v) is 5.02. The first-order valence-electron chi connectivity index (χ1n) is 6.29. The zero-order chi connectivity index (χ0) is 15.3. The van der Waals surface area contributed by atoms with Gasteiger partial charge in [-0.15, -0.1) is 0 Å². The van der Waals surface area contributed by atoms with Gasteiger partial charge in [0.2, 0.25) is 5.95 Å². The lowest BCUT2D eigenvalue weighted by atomic mass is 10.0. The van der Waals surface area contributed by atoms with Gasteiger partial charge in [-0.05, 0) is 5.57 Å². The third kappa shape index (κ3) is 1.85. The van der Waals surface area contributed by atoms with Crippen molar-refractivity contribution >= 4 is 17.1 Å². The summed E-state index contributed by atoms with van der Waals surface area (Å²) in [6.45, 7) is 3.33. The van der Waals surface area contributed by atoms with Gasteiger partial charge in [0.25, 0.3) is 5.56 Å². The molecule has 0 spiro atoms. The first-order chi connectivity index (χ1) is 9.95. The summed E-state index contributed by atoms with van der Waals surface area (Å²) in [6.07, 6.45) is -1.81. The van der Waals surface area contributed by atoms with Gasteiger partial charge >= 0.3 is 0 Å². The molecular formula is C12H14FN5O3. The second kappa shape index (κ2) is 4.64. The van der Waals surface area contributed by atoms with Crippen LogP contribution in [0, 0.1) is 5.92 Å². The van der Waals surface area contributed by atoms with Gasteiger partial charge in [-0.1, -0.05) is 6.58 Å². The summed E-state index contributed by atoms with van der Waals surface area (Å²) in [5.74, 6) is -0.894. The number of aromatic nitrogens is 4. The van der Waals surface area contributed by atoms with Gasteiger partial charge in [0.15, 0.2) is 17.3 Å². The number of nitrogens with one attached hydrogen (secondary N) is 1. The predicted octanol–water partition coefficient (Wildman–Crippen LogP) is -0.880. The number of nitrogens with two attached hydrogens (primary N) is 1. The van der Waals surface area contributed by atoms with Crippen LogP contribution >= 0.6 is 0 Å². The van der Waals surface area contributed by atoms with Crippen LogP contribution in [0.25, 0.3) is 11.2 Å². The lowest BCUT2D eigenvalue weighted by molar-refractivity contribution is 0.0426. The smallest absolute Gasteiger partial charge is 0.280 e. The highest BCUT2D eigenvalue weighted by atomic mass is 18.2. The van der Waals surface area contributed by atoms with E-state index < -0.39 is 36.4 Å². The van der Waals surface area contributed by atoms with Crippen molar-refractivity contribution in [2.75, 3.05) is 12.3 Å². The largest absolute Gasteiger partial charge is 0.396 e. The van der Waals surface area contributed by atoms with Crippen LogP contribution in [0.5, 0.6) is 0 Å². The van der Waals surface area contributed by atoms with Crippen molar-refractivity contribution in [3.8, 4) is 0 Å². The van der Waals surface area contributed by atoms with Gasteiger partial charge in [-0.2, -0.15) is 4.98 Å². The summed E-state index contributed by atoms with van der Waals surface area (Å²) in [6, 6.07) is -0.962. The van der Waals surface area contributed by atoms with Gasteiger partial charge in [-0.25, -0.2) is 9.37 Å². The molecule has 0 unspecified atom stereocenters. The molecule has 2 aromatic rings. The van der Waals surface area contributed by atoms with Crippen molar-refractivity contribution < 1.29 is 14.6 Å². The Morgan fingerprint density at radius 2 is 2.29 bits per heavy atom. The molecule has 0 aliphatic heterocycles. The van der Waals surface area contributed by atoms with Crippen molar-refractivity contribution in [2.45, 2.75) is 18.3 Å². The standard InChI is InChI=1S/C12H14FN5O3/c1-4-5(2-19)9(20)6(13)8(4)18-3-15-7-10(18)16-12(14)17-11(7)21/h3,5-6,8-9,19-20H,1-2H2,(H3,14,16,17,21)/t5-,6+,8-,9-/m0/s1/i13-1. The zero-order valence-electron chi connectivity index (χ0n) is 10.9. The molecule has 0 aromatic carbocycles. The number of alkyl halides is 1. The summed E-state index contributed by atoms with van der Waals surface area (Å²) in [5.41, 5.74) is 5.40. The van der Waals surface area contributed by atoms with E-state index >= 15 is 0 Å². The molecule has 0 bridgehead atoms. The van der Waals surface area contributed by atoms with Crippen molar-refractivity contribution in [2.24, 2.45) is 5.92 Å². The highest BCUT2D eigenvalue weighted by Crippen LogP contribution is 2.41. The molecule has 0 saturated heterocycles. The number of halogens is 1. The Hall–Kier alpha value is -2.26. The van der Waals surface area contributed by atoms with Crippen LogP contribution in [-0.2, 0) is 0 Å². The summed E-state index contributed by atoms with van der Waals surface area (Å²) in [7, 11) is 0. The molecule has 2 heterocycles. The second-order valence-electron chi connectivity index (χ2n) is 5.02. The Morgan fingerprint density at radius 1 is 1.57 bits per heavy atom. The predicted molar refractivity (Wildman–Crippen MR) is 72.2 cm³/mol. The number of anilines is 1. The third-order valence-electron chi connectivity index (χ3n) is 3.84. The van der Waals surface area contributed by atoms with Crippen molar-refractivity contribution in [1.29, 1.82) is 0 Å². The number of nitrogen functional groups attached to an aromatic ring is 1. The number of hydrogen-bond acceptors (Lipinski definition) is 6. The number of aromatic amines is 1. The monoisotopic (exact) mass is 294 g/mol. The minimum atomic E-state index is -1.69. The molecule has 4 atom stereocenters. The summed E-state index contributed by atoms with van der Waals surface area (Å²) >= 11 is 0. The molecule has 1 fully saturated rings. The maximum absolute atomic E-state index is 14.3. The van der Waals surface area contributed by atoms with Crippen molar-refractivity contribution in [1.82, 2.24) is 19.5 Å². The number of rotatable bonds is 2. The molecule has 21 heavy (non-hydrogen) atoms. The van der Waals surface area contributed by atoms with E-state index in [2.05, 4.69) is 21.5 Å². The quantitative estimate of drug-likeness (QED) is 0.532. The zero-order valence-corrected chi connectivity index (χ0v) is 10.9. The SMILES string of the molecule is C=C1[C@H](CO)[C@H](O)[C@H]([18F])[C@H]1n1cnc2c(=O)[nH]c(N)nc21. The lowest BCUT2D eigenvalue weighted by Gasteiger charge is -2.17. The minimum Gasteiger partial charge on any atom is -0.396 e. The average molecular weight is 294 g/mol.